The van der Waals surface area contributed by atoms with Gasteiger partial charge in [-0.1, -0.05) is 24.6 Å². The standard InChI is InChI=1S/C25H31NO5/c1-30-24-11-8-18(14-23(24)28)22-16-21(15-19-4-2-3-13-26(19)22)31-25(29)12-7-17-5-9-20(27)10-6-17/h5-6,8-11,14,19,21-22,27-28H,2-4,7,12-13,15-16H2,1H3/t19-,21+,22+/m0/s1. The van der Waals surface area contributed by atoms with E-state index < -0.39 is 0 Å². The average molecular weight is 426 g/mol. The number of phenols is 2. The van der Waals surface area contributed by atoms with Gasteiger partial charge in [-0.3, -0.25) is 9.69 Å². The fourth-order valence-corrected chi connectivity index (χ4v) is 4.96. The predicted molar refractivity (Wildman–Crippen MR) is 117 cm³/mol. The van der Waals surface area contributed by atoms with Crippen molar-refractivity contribution in [3.05, 3.63) is 53.6 Å². The normalized spacial score (nSPS) is 23.7. The number of rotatable bonds is 6. The maximum Gasteiger partial charge on any atom is 0.306 e. The second-order valence-electron chi connectivity index (χ2n) is 8.58. The Morgan fingerprint density at radius 2 is 1.90 bits per heavy atom. The molecule has 2 saturated heterocycles. The molecule has 2 fully saturated rings. The first-order valence-corrected chi connectivity index (χ1v) is 11.1. The Kier molecular flexibility index (Phi) is 6.66. The highest BCUT2D eigenvalue weighted by Crippen LogP contribution is 2.41. The van der Waals surface area contributed by atoms with Crippen molar-refractivity contribution >= 4 is 5.97 Å². The van der Waals surface area contributed by atoms with Crippen molar-refractivity contribution in [2.75, 3.05) is 13.7 Å². The van der Waals surface area contributed by atoms with Gasteiger partial charge in [-0.05, 0) is 61.2 Å². The zero-order valence-electron chi connectivity index (χ0n) is 18.0. The van der Waals surface area contributed by atoms with Gasteiger partial charge in [-0.25, -0.2) is 0 Å². The number of ether oxygens (including phenoxy) is 2. The van der Waals surface area contributed by atoms with Gasteiger partial charge >= 0.3 is 5.97 Å². The molecule has 0 spiro atoms. The summed E-state index contributed by atoms with van der Waals surface area (Å²) < 4.78 is 11.1. The van der Waals surface area contributed by atoms with Gasteiger partial charge in [0.1, 0.15) is 11.9 Å². The number of nitrogens with zero attached hydrogens (tertiary/aromatic N) is 1. The second-order valence-corrected chi connectivity index (χ2v) is 8.58. The van der Waals surface area contributed by atoms with Crippen LogP contribution in [0.15, 0.2) is 42.5 Å². The first-order chi connectivity index (χ1) is 15.0. The third-order valence-corrected chi connectivity index (χ3v) is 6.53. The molecule has 3 atom stereocenters. The largest absolute Gasteiger partial charge is 0.508 e. The topological polar surface area (TPSA) is 79.2 Å². The lowest BCUT2D eigenvalue weighted by molar-refractivity contribution is -0.154. The number of fused-ring (bicyclic) bond motifs is 1. The van der Waals surface area contributed by atoms with E-state index in [1.807, 2.05) is 18.2 Å². The Hall–Kier alpha value is -2.73. The van der Waals surface area contributed by atoms with Crippen molar-refractivity contribution in [2.45, 2.75) is 63.1 Å². The first kappa shape index (κ1) is 21.5. The van der Waals surface area contributed by atoms with Gasteiger partial charge in [0.15, 0.2) is 11.5 Å². The fourth-order valence-electron chi connectivity index (χ4n) is 4.96. The van der Waals surface area contributed by atoms with E-state index in [1.54, 1.807) is 31.4 Å². The van der Waals surface area contributed by atoms with Gasteiger partial charge in [0.2, 0.25) is 0 Å². The zero-order valence-corrected chi connectivity index (χ0v) is 18.0. The summed E-state index contributed by atoms with van der Waals surface area (Å²) in [4.78, 5) is 15.1. The molecular weight excluding hydrogens is 394 g/mol. The minimum absolute atomic E-state index is 0.116. The molecule has 6 heteroatoms. The number of hydrogen-bond donors (Lipinski definition) is 2. The maximum atomic E-state index is 12.6. The number of aromatic hydroxyl groups is 2. The highest BCUT2D eigenvalue weighted by molar-refractivity contribution is 5.70. The van der Waals surface area contributed by atoms with Crippen LogP contribution in [0.2, 0.25) is 0 Å². The van der Waals surface area contributed by atoms with Gasteiger partial charge in [-0.15, -0.1) is 0 Å². The number of hydrogen-bond acceptors (Lipinski definition) is 6. The Labute approximate surface area is 183 Å². The van der Waals surface area contributed by atoms with Crippen molar-refractivity contribution < 1.29 is 24.5 Å². The van der Waals surface area contributed by atoms with E-state index in [2.05, 4.69) is 4.90 Å². The second kappa shape index (κ2) is 9.60. The highest BCUT2D eigenvalue weighted by atomic mass is 16.5. The molecule has 2 aromatic carbocycles. The minimum atomic E-state index is -0.182. The van der Waals surface area contributed by atoms with Crippen molar-refractivity contribution in [3.8, 4) is 17.2 Å². The van der Waals surface area contributed by atoms with Crippen molar-refractivity contribution in [3.63, 3.8) is 0 Å². The molecule has 2 aliphatic heterocycles. The van der Waals surface area contributed by atoms with E-state index >= 15 is 0 Å². The molecule has 166 valence electrons. The van der Waals surface area contributed by atoms with E-state index in [-0.39, 0.29) is 29.6 Å². The molecule has 0 unspecified atom stereocenters. The number of esters is 1. The van der Waals surface area contributed by atoms with Crippen LogP contribution >= 0.6 is 0 Å². The van der Waals surface area contributed by atoms with Crippen molar-refractivity contribution in [2.24, 2.45) is 0 Å². The zero-order chi connectivity index (χ0) is 21.8. The van der Waals surface area contributed by atoms with Crippen LogP contribution in [0.3, 0.4) is 0 Å². The molecule has 2 N–H and O–H groups in total. The van der Waals surface area contributed by atoms with Gasteiger partial charge in [0, 0.05) is 31.3 Å². The lowest BCUT2D eigenvalue weighted by Crippen LogP contribution is -2.49. The van der Waals surface area contributed by atoms with Gasteiger partial charge in [0.25, 0.3) is 0 Å². The van der Waals surface area contributed by atoms with Crippen LogP contribution in [0.25, 0.3) is 0 Å². The van der Waals surface area contributed by atoms with Crippen LogP contribution in [0.5, 0.6) is 17.2 Å². The molecule has 0 saturated carbocycles. The number of piperidine rings is 2. The fraction of sp³-hybridized carbons (Fsp3) is 0.480. The summed E-state index contributed by atoms with van der Waals surface area (Å²) in [6, 6.07) is 13.0. The third kappa shape index (κ3) is 5.13. The minimum Gasteiger partial charge on any atom is -0.508 e. The van der Waals surface area contributed by atoms with Crippen LogP contribution in [0.4, 0.5) is 0 Å². The van der Waals surface area contributed by atoms with Crippen LogP contribution in [0, 0.1) is 0 Å². The van der Waals surface area contributed by atoms with Crippen LogP contribution in [-0.2, 0) is 16.0 Å². The monoisotopic (exact) mass is 425 g/mol. The molecule has 0 aliphatic carbocycles. The molecule has 31 heavy (non-hydrogen) atoms. The van der Waals surface area contributed by atoms with Gasteiger partial charge < -0.3 is 19.7 Å². The van der Waals surface area contributed by atoms with Crippen molar-refractivity contribution in [1.82, 2.24) is 4.90 Å². The smallest absolute Gasteiger partial charge is 0.306 e. The first-order valence-electron chi connectivity index (χ1n) is 11.1. The Bertz CT molecular complexity index is 897. The van der Waals surface area contributed by atoms with Crippen LogP contribution in [0.1, 0.15) is 55.7 Å². The van der Waals surface area contributed by atoms with E-state index in [0.717, 1.165) is 36.9 Å². The molecule has 6 nitrogen and oxygen atoms in total. The van der Waals surface area contributed by atoms with Crippen LogP contribution < -0.4 is 4.74 Å². The quantitative estimate of drug-likeness (QED) is 0.671. The molecule has 2 aromatic rings. The SMILES string of the molecule is COc1ccc([C@H]2C[C@H](OC(=O)CCc3ccc(O)cc3)C[C@@H]3CCCCN32)cc1O. The molecule has 0 aromatic heterocycles. The Balaban J connectivity index is 1.42. The number of methoxy groups -OCH3 is 1. The van der Waals surface area contributed by atoms with Crippen LogP contribution in [-0.4, -0.2) is 46.9 Å². The summed E-state index contributed by atoms with van der Waals surface area (Å²) >= 11 is 0. The number of phenolic OH excluding ortho intramolecular Hbond substituents is 2. The molecule has 2 heterocycles. The summed E-state index contributed by atoms with van der Waals surface area (Å²) in [7, 11) is 1.55. The van der Waals surface area contributed by atoms with Crippen molar-refractivity contribution in [1.29, 1.82) is 0 Å². The third-order valence-electron chi connectivity index (χ3n) is 6.53. The molecule has 0 amide bonds. The van der Waals surface area contributed by atoms with Gasteiger partial charge in [-0.2, -0.15) is 0 Å². The summed E-state index contributed by atoms with van der Waals surface area (Å²) in [6.45, 7) is 1.03. The molecule has 2 aliphatic rings. The van der Waals surface area contributed by atoms with E-state index in [9.17, 15) is 15.0 Å². The van der Waals surface area contributed by atoms with E-state index in [4.69, 9.17) is 9.47 Å². The molecule has 0 radical (unpaired) electrons. The van der Waals surface area contributed by atoms with Gasteiger partial charge in [0.05, 0.1) is 7.11 Å². The van der Waals surface area contributed by atoms with E-state index in [1.165, 1.54) is 12.8 Å². The summed E-state index contributed by atoms with van der Waals surface area (Å²) in [5.41, 5.74) is 2.04. The number of aryl methyl sites for hydroxylation is 1. The highest BCUT2D eigenvalue weighted by Gasteiger charge is 2.39. The summed E-state index contributed by atoms with van der Waals surface area (Å²) in [5.74, 6) is 0.647. The maximum absolute atomic E-state index is 12.6. The number of benzene rings is 2. The Morgan fingerprint density at radius 1 is 1.10 bits per heavy atom. The predicted octanol–water partition coefficient (Wildman–Crippen LogP) is 4.34. The lowest BCUT2D eigenvalue weighted by atomic mass is 9.84. The lowest BCUT2D eigenvalue weighted by Gasteiger charge is -2.47. The Morgan fingerprint density at radius 3 is 2.65 bits per heavy atom. The molecular formula is C25H31NO5. The summed E-state index contributed by atoms with van der Waals surface area (Å²) in [5, 5.41) is 19.7. The van der Waals surface area contributed by atoms with E-state index in [0.29, 0.717) is 24.6 Å². The number of carbonyl (C=O) groups excluding carboxylic acids is 1. The summed E-state index contributed by atoms with van der Waals surface area (Å²) in [6.07, 6.45) is 5.87. The number of carbonyl (C=O) groups is 1. The molecule has 4 rings (SSSR count). The average Bonchev–Trinajstić information content (AvgIpc) is 2.78. The molecule has 0 bridgehead atoms.